The maximum atomic E-state index is 8.10. The van der Waals surface area contributed by atoms with Crippen molar-refractivity contribution in [3.05, 3.63) is 14.5 Å². The molecule has 3 nitrogen and oxygen atoms in total. The van der Waals surface area contributed by atoms with E-state index in [1.165, 1.54) is 6.21 Å². The molecule has 1 aromatic rings. The molecule has 0 saturated heterocycles. The summed E-state index contributed by atoms with van der Waals surface area (Å²) in [6, 6.07) is 0. The summed E-state index contributed by atoms with van der Waals surface area (Å²) in [4.78, 5) is 4.23. The van der Waals surface area contributed by atoms with Crippen LogP contribution in [-0.4, -0.2) is 16.4 Å². The minimum Gasteiger partial charge on any atom is -0.411 e. The standard InChI is InChI=1S/C4H2Cl2N2OS/c5-3-2(1-7-9)10-4(6)8-3/h1,9H/b7-1-. The van der Waals surface area contributed by atoms with Gasteiger partial charge in [0.25, 0.3) is 0 Å². The lowest BCUT2D eigenvalue weighted by Crippen LogP contribution is -1.73. The van der Waals surface area contributed by atoms with Crippen molar-refractivity contribution in [1.82, 2.24) is 4.98 Å². The molecule has 6 heteroatoms. The maximum Gasteiger partial charge on any atom is 0.185 e. The fraction of sp³-hybridized carbons (Fsp3) is 0. The van der Waals surface area contributed by atoms with Gasteiger partial charge in [-0.1, -0.05) is 39.7 Å². The van der Waals surface area contributed by atoms with Crippen molar-refractivity contribution < 1.29 is 5.21 Å². The van der Waals surface area contributed by atoms with Crippen molar-refractivity contribution in [3.8, 4) is 0 Å². The van der Waals surface area contributed by atoms with Crippen LogP contribution in [0.2, 0.25) is 9.62 Å². The number of halogens is 2. The molecule has 0 radical (unpaired) electrons. The first kappa shape index (κ1) is 7.78. The van der Waals surface area contributed by atoms with Crippen molar-refractivity contribution in [2.24, 2.45) is 5.16 Å². The number of nitrogens with zero attached hydrogens (tertiary/aromatic N) is 2. The molecule has 1 rings (SSSR count). The first-order chi connectivity index (χ1) is 4.74. The van der Waals surface area contributed by atoms with Gasteiger partial charge in [-0.15, -0.1) is 0 Å². The Hall–Kier alpha value is -0.320. The Morgan fingerprint density at radius 2 is 2.30 bits per heavy atom. The summed E-state index contributed by atoms with van der Waals surface area (Å²) >= 11 is 12.2. The third kappa shape index (κ3) is 1.59. The van der Waals surface area contributed by atoms with Crippen LogP contribution in [0.3, 0.4) is 0 Å². The van der Waals surface area contributed by atoms with E-state index in [0.29, 0.717) is 9.34 Å². The molecule has 0 aromatic carbocycles. The maximum absolute atomic E-state index is 8.10. The van der Waals surface area contributed by atoms with Crippen molar-refractivity contribution in [3.63, 3.8) is 0 Å². The molecule has 1 aromatic heterocycles. The smallest absolute Gasteiger partial charge is 0.185 e. The molecule has 54 valence electrons. The van der Waals surface area contributed by atoms with Gasteiger partial charge in [0.15, 0.2) is 9.62 Å². The average Bonchev–Trinajstić information content (AvgIpc) is 2.13. The number of oxime groups is 1. The van der Waals surface area contributed by atoms with E-state index in [1.54, 1.807) is 0 Å². The molecular weight excluding hydrogens is 195 g/mol. The van der Waals surface area contributed by atoms with Crippen molar-refractivity contribution in [1.29, 1.82) is 0 Å². The van der Waals surface area contributed by atoms with Gasteiger partial charge in [0.05, 0.1) is 11.1 Å². The Morgan fingerprint density at radius 1 is 1.60 bits per heavy atom. The summed E-state index contributed by atoms with van der Waals surface area (Å²) in [6.45, 7) is 0. The van der Waals surface area contributed by atoms with E-state index in [9.17, 15) is 0 Å². The third-order valence-corrected chi connectivity index (χ3v) is 2.25. The first-order valence-electron chi connectivity index (χ1n) is 2.23. The van der Waals surface area contributed by atoms with Crippen LogP contribution < -0.4 is 0 Å². The third-order valence-electron chi connectivity index (χ3n) is 0.759. The van der Waals surface area contributed by atoms with Gasteiger partial charge in [-0.25, -0.2) is 4.98 Å². The monoisotopic (exact) mass is 196 g/mol. The summed E-state index contributed by atoms with van der Waals surface area (Å²) in [5.74, 6) is 0. The molecule has 0 saturated carbocycles. The van der Waals surface area contributed by atoms with E-state index in [1.807, 2.05) is 0 Å². The SMILES string of the molecule is O/N=C\c1sc(Cl)nc1Cl. The topological polar surface area (TPSA) is 45.5 Å². The second-order valence-corrected chi connectivity index (χ2v) is 3.34. The minimum absolute atomic E-state index is 0.257. The van der Waals surface area contributed by atoms with E-state index in [-0.39, 0.29) is 5.15 Å². The Bertz CT molecular complexity index is 260. The molecule has 1 N–H and O–H groups in total. The van der Waals surface area contributed by atoms with Gasteiger partial charge in [-0.05, 0) is 0 Å². The van der Waals surface area contributed by atoms with Gasteiger partial charge >= 0.3 is 0 Å². The Morgan fingerprint density at radius 3 is 2.70 bits per heavy atom. The van der Waals surface area contributed by atoms with Gasteiger partial charge in [-0.2, -0.15) is 0 Å². The highest BCUT2D eigenvalue weighted by Crippen LogP contribution is 2.24. The van der Waals surface area contributed by atoms with Crippen LogP contribution in [0.15, 0.2) is 5.16 Å². The van der Waals surface area contributed by atoms with Crippen molar-refractivity contribution in [2.45, 2.75) is 0 Å². The van der Waals surface area contributed by atoms with Gasteiger partial charge in [-0.3, -0.25) is 0 Å². The second-order valence-electron chi connectivity index (χ2n) is 1.37. The molecule has 0 aliphatic carbocycles. The molecule has 0 unspecified atom stereocenters. The van der Waals surface area contributed by atoms with Crippen LogP contribution in [0.25, 0.3) is 0 Å². The molecule has 0 aliphatic rings. The predicted molar refractivity (Wildman–Crippen MR) is 41.5 cm³/mol. The normalized spacial score (nSPS) is 11.0. The van der Waals surface area contributed by atoms with Crippen LogP contribution in [-0.2, 0) is 0 Å². The fourth-order valence-electron chi connectivity index (χ4n) is 0.420. The van der Waals surface area contributed by atoms with E-state index < -0.39 is 0 Å². The fourth-order valence-corrected chi connectivity index (χ4v) is 1.64. The first-order valence-corrected chi connectivity index (χ1v) is 3.80. The molecule has 0 atom stereocenters. The largest absolute Gasteiger partial charge is 0.411 e. The Kier molecular flexibility index (Phi) is 2.48. The lowest BCUT2D eigenvalue weighted by Gasteiger charge is -1.78. The number of hydrogen-bond acceptors (Lipinski definition) is 4. The van der Waals surface area contributed by atoms with Crippen LogP contribution in [0, 0.1) is 0 Å². The Labute approximate surface area is 70.9 Å². The van der Waals surface area contributed by atoms with Gasteiger partial charge in [0.1, 0.15) is 0 Å². The summed E-state index contributed by atoms with van der Waals surface area (Å²) in [7, 11) is 0. The summed E-state index contributed by atoms with van der Waals surface area (Å²) in [5, 5.41) is 11.1. The summed E-state index contributed by atoms with van der Waals surface area (Å²) in [6.07, 6.45) is 1.19. The predicted octanol–water partition coefficient (Wildman–Crippen LogP) is 2.26. The zero-order valence-corrected chi connectivity index (χ0v) is 6.91. The van der Waals surface area contributed by atoms with Crippen LogP contribution >= 0.6 is 34.5 Å². The summed E-state index contributed by atoms with van der Waals surface area (Å²) in [5.41, 5.74) is 0. The molecule has 10 heavy (non-hydrogen) atoms. The lowest BCUT2D eigenvalue weighted by atomic mass is 10.6. The average molecular weight is 197 g/mol. The zero-order chi connectivity index (χ0) is 7.56. The molecule has 1 heterocycles. The second kappa shape index (κ2) is 3.18. The van der Waals surface area contributed by atoms with Gasteiger partial charge in [0.2, 0.25) is 0 Å². The molecule has 0 aliphatic heterocycles. The highest BCUT2D eigenvalue weighted by atomic mass is 35.5. The van der Waals surface area contributed by atoms with E-state index in [4.69, 9.17) is 28.4 Å². The number of rotatable bonds is 1. The van der Waals surface area contributed by atoms with E-state index in [0.717, 1.165) is 11.3 Å². The number of hydrogen-bond donors (Lipinski definition) is 1. The lowest BCUT2D eigenvalue weighted by molar-refractivity contribution is 0.322. The highest BCUT2D eigenvalue weighted by molar-refractivity contribution is 7.17. The molecule has 0 fully saturated rings. The van der Waals surface area contributed by atoms with Crippen molar-refractivity contribution in [2.75, 3.05) is 0 Å². The van der Waals surface area contributed by atoms with Crippen LogP contribution in [0.1, 0.15) is 4.88 Å². The van der Waals surface area contributed by atoms with Crippen molar-refractivity contribution >= 4 is 40.8 Å². The minimum atomic E-state index is 0.257. The van der Waals surface area contributed by atoms with Crippen LogP contribution in [0.4, 0.5) is 0 Å². The zero-order valence-electron chi connectivity index (χ0n) is 4.58. The van der Waals surface area contributed by atoms with E-state index >= 15 is 0 Å². The van der Waals surface area contributed by atoms with Gasteiger partial charge in [0, 0.05) is 0 Å². The number of aromatic nitrogens is 1. The van der Waals surface area contributed by atoms with Crippen LogP contribution in [0.5, 0.6) is 0 Å². The van der Waals surface area contributed by atoms with E-state index in [2.05, 4.69) is 10.1 Å². The Balaban J connectivity index is 3.03. The number of thiazole rings is 1. The molecule has 0 bridgehead atoms. The summed E-state index contributed by atoms with van der Waals surface area (Å²) < 4.78 is 0.333. The quantitative estimate of drug-likeness (QED) is 0.426. The molecule has 0 amide bonds. The highest BCUT2D eigenvalue weighted by Gasteiger charge is 2.04. The van der Waals surface area contributed by atoms with Gasteiger partial charge < -0.3 is 5.21 Å². The molecular formula is C4H2Cl2N2OS. The molecule has 0 spiro atoms.